The van der Waals surface area contributed by atoms with Gasteiger partial charge >= 0.3 is 11.9 Å². The minimum Gasteiger partial charge on any atom is -0.465 e. The second-order valence-corrected chi connectivity index (χ2v) is 8.53. The minimum absolute atomic E-state index is 0.0449. The molecule has 3 aliphatic carbocycles. The standard InChI is InChI=1S/C21H31NO5/c1-4-20(24)26-11-14-7-17-15-9-16(18(10-15)19(17)8-14)12-27-21(25)5-6-22(3)13(2)23/h4,14-19H,1,5-12H2,2-3H3. The molecule has 0 aromatic rings. The van der Waals surface area contributed by atoms with Crippen LogP contribution >= 0.6 is 0 Å². The maximum absolute atomic E-state index is 12.0. The molecule has 27 heavy (non-hydrogen) atoms. The normalized spacial score (nSPS) is 33.4. The quantitative estimate of drug-likeness (QED) is 0.480. The molecular weight excluding hydrogens is 346 g/mol. The van der Waals surface area contributed by atoms with Crippen LogP contribution in [0.3, 0.4) is 0 Å². The number of rotatable bonds is 8. The summed E-state index contributed by atoms with van der Waals surface area (Å²) < 4.78 is 10.8. The summed E-state index contributed by atoms with van der Waals surface area (Å²) in [7, 11) is 1.69. The summed E-state index contributed by atoms with van der Waals surface area (Å²) in [6.07, 6.45) is 6.14. The zero-order valence-electron chi connectivity index (χ0n) is 16.4. The van der Waals surface area contributed by atoms with Gasteiger partial charge in [-0.2, -0.15) is 0 Å². The Morgan fingerprint density at radius 3 is 2.48 bits per heavy atom. The first-order valence-corrected chi connectivity index (χ1v) is 10.1. The number of esters is 2. The Morgan fingerprint density at radius 2 is 1.78 bits per heavy atom. The van der Waals surface area contributed by atoms with Crippen molar-refractivity contribution in [1.29, 1.82) is 0 Å². The molecule has 0 N–H and O–H groups in total. The molecule has 6 heteroatoms. The van der Waals surface area contributed by atoms with Gasteiger partial charge in [-0.15, -0.1) is 0 Å². The maximum Gasteiger partial charge on any atom is 0.330 e. The van der Waals surface area contributed by atoms with Gasteiger partial charge in [0.1, 0.15) is 0 Å². The zero-order chi connectivity index (χ0) is 19.6. The van der Waals surface area contributed by atoms with E-state index in [1.807, 2.05) is 0 Å². The van der Waals surface area contributed by atoms with Crippen LogP contribution in [0.25, 0.3) is 0 Å². The van der Waals surface area contributed by atoms with Crippen LogP contribution in [0, 0.1) is 35.5 Å². The van der Waals surface area contributed by atoms with Gasteiger partial charge in [0.15, 0.2) is 0 Å². The van der Waals surface area contributed by atoms with Crippen molar-refractivity contribution in [3.05, 3.63) is 12.7 Å². The number of hydrogen-bond donors (Lipinski definition) is 0. The van der Waals surface area contributed by atoms with Crippen molar-refractivity contribution in [1.82, 2.24) is 4.90 Å². The molecule has 3 fully saturated rings. The van der Waals surface area contributed by atoms with Crippen LogP contribution in [0.5, 0.6) is 0 Å². The number of nitrogens with zero attached hydrogens (tertiary/aromatic N) is 1. The van der Waals surface area contributed by atoms with E-state index in [4.69, 9.17) is 9.47 Å². The smallest absolute Gasteiger partial charge is 0.330 e. The molecule has 6 atom stereocenters. The molecule has 3 aliphatic rings. The third kappa shape index (κ3) is 4.53. The predicted molar refractivity (Wildman–Crippen MR) is 99.5 cm³/mol. The first-order valence-electron chi connectivity index (χ1n) is 10.1. The second kappa shape index (κ2) is 8.44. The first-order chi connectivity index (χ1) is 12.9. The Bertz CT molecular complexity index is 603. The lowest BCUT2D eigenvalue weighted by Crippen LogP contribution is -2.30. The SMILES string of the molecule is C=CC(=O)OCC1CC2C3CC(COC(=O)CCN(C)C(C)=O)C(C3)C2C1. The fourth-order valence-corrected chi connectivity index (χ4v) is 5.60. The van der Waals surface area contributed by atoms with E-state index < -0.39 is 0 Å². The molecule has 1 amide bonds. The van der Waals surface area contributed by atoms with E-state index in [1.54, 1.807) is 7.05 Å². The Kier molecular flexibility index (Phi) is 6.22. The Balaban J connectivity index is 1.41. The summed E-state index contributed by atoms with van der Waals surface area (Å²) in [6, 6.07) is 0. The van der Waals surface area contributed by atoms with Gasteiger partial charge < -0.3 is 14.4 Å². The van der Waals surface area contributed by atoms with E-state index in [9.17, 15) is 14.4 Å². The number of ether oxygens (including phenoxy) is 2. The fraction of sp³-hybridized carbons (Fsp3) is 0.762. The van der Waals surface area contributed by atoms with Gasteiger partial charge in [0.05, 0.1) is 19.6 Å². The average molecular weight is 377 g/mol. The predicted octanol–water partition coefficient (Wildman–Crippen LogP) is 2.43. The summed E-state index contributed by atoms with van der Waals surface area (Å²) in [5.41, 5.74) is 0. The number of carbonyl (C=O) groups excluding carboxylic acids is 3. The summed E-state index contributed by atoms with van der Waals surface area (Å²) in [6.45, 7) is 6.34. The lowest BCUT2D eigenvalue weighted by Gasteiger charge is -2.31. The van der Waals surface area contributed by atoms with Gasteiger partial charge in [-0.25, -0.2) is 4.79 Å². The molecule has 0 radical (unpaired) electrons. The van der Waals surface area contributed by atoms with E-state index in [-0.39, 0.29) is 24.3 Å². The molecule has 0 aliphatic heterocycles. The van der Waals surface area contributed by atoms with E-state index in [1.165, 1.54) is 24.3 Å². The highest BCUT2D eigenvalue weighted by atomic mass is 16.5. The Hall–Kier alpha value is -1.85. The third-order valence-corrected chi connectivity index (χ3v) is 6.98. The van der Waals surface area contributed by atoms with E-state index in [0.29, 0.717) is 43.4 Å². The van der Waals surface area contributed by atoms with Gasteiger partial charge in [0.25, 0.3) is 0 Å². The zero-order valence-corrected chi connectivity index (χ0v) is 16.4. The number of amides is 1. The molecule has 6 nitrogen and oxygen atoms in total. The number of hydrogen-bond acceptors (Lipinski definition) is 5. The minimum atomic E-state index is -0.338. The molecule has 3 rings (SSSR count). The summed E-state index contributed by atoms with van der Waals surface area (Å²) in [5.74, 6) is 3.11. The van der Waals surface area contributed by atoms with Crippen molar-refractivity contribution in [2.24, 2.45) is 35.5 Å². The Morgan fingerprint density at radius 1 is 1.04 bits per heavy atom. The topological polar surface area (TPSA) is 72.9 Å². The molecule has 0 heterocycles. The van der Waals surface area contributed by atoms with Gasteiger partial charge in [-0.05, 0) is 61.2 Å². The van der Waals surface area contributed by atoms with E-state index in [0.717, 1.165) is 31.1 Å². The number of carbonyl (C=O) groups is 3. The lowest BCUT2D eigenvalue weighted by atomic mass is 9.76. The molecule has 3 saturated carbocycles. The maximum atomic E-state index is 12.0. The van der Waals surface area contributed by atoms with Crippen molar-refractivity contribution in [3.63, 3.8) is 0 Å². The van der Waals surface area contributed by atoms with Crippen LogP contribution < -0.4 is 0 Å². The van der Waals surface area contributed by atoms with Crippen molar-refractivity contribution in [2.75, 3.05) is 26.8 Å². The van der Waals surface area contributed by atoms with Crippen LogP contribution in [-0.4, -0.2) is 49.6 Å². The average Bonchev–Trinajstić information content (AvgIpc) is 3.33. The molecule has 0 aromatic carbocycles. The third-order valence-electron chi connectivity index (χ3n) is 6.98. The van der Waals surface area contributed by atoms with Crippen LogP contribution in [0.1, 0.15) is 39.0 Å². The van der Waals surface area contributed by atoms with Gasteiger partial charge in [-0.3, -0.25) is 9.59 Å². The van der Waals surface area contributed by atoms with E-state index >= 15 is 0 Å². The first kappa shape index (κ1) is 19.9. The highest BCUT2D eigenvalue weighted by Gasteiger charge is 2.56. The molecule has 0 saturated heterocycles. The van der Waals surface area contributed by atoms with Crippen molar-refractivity contribution >= 4 is 17.8 Å². The van der Waals surface area contributed by atoms with Crippen LogP contribution in [0.2, 0.25) is 0 Å². The molecule has 0 spiro atoms. The monoisotopic (exact) mass is 377 g/mol. The van der Waals surface area contributed by atoms with Crippen LogP contribution in [0.15, 0.2) is 12.7 Å². The van der Waals surface area contributed by atoms with E-state index in [2.05, 4.69) is 6.58 Å². The highest BCUT2D eigenvalue weighted by Crippen LogP contribution is 2.62. The molecule has 150 valence electrons. The molecule has 2 bridgehead atoms. The van der Waals surface area contributed by atoms with Crippen molar-refractivity contribution in [3.8, 4) is 0 Å². The van der Waals surface area contributed by atoms with Crippen molar-refractivity contribution < 1.29 is 23.9 Å². The lowest BCUT2D eigenvalue weighted by molar-refractivity contribution is -0.146. The molecular formula is C21H31NO5. The van der Waals surface area contributed by atoms with Crippen LogP contribution in [0.4, 0.5) is 0 Å². The Labute approximate surface area is 161 Å². The van der Waals surface area contributed by atoms with Gasteiger partial charge in [-0.1, -0.05) is 6.58 Å². The van der Waals surface area contributed by atoms with Crippen molar-refractivity contribution in [2.45, 2.75) is 39.0 Å². The largest absolute Gasteiger partial charge is 0.465 e. The summed E-state index contributed by atoms with van der Waals surface area (Å²) in [5, 5.41) is 0. The fourth-order valence-electron chi connectivity index (χ4n) is 5.60. The second-order valence-electron chi connectivity index (χ2n) is 8.53. The highest BCUT2D eigenvalue weighted by molar-refractivity contribution is 5.81. The van der Waals surface area contributed by atoms with Gasteiger partial charge in [0.2, 0.25) is 5.91 Å². The summed E-state index contributed by atoms with van der Waals surface area (Å²) in [4.78, 5) is 36.0. The number of fused-ring (bicyclic) bond motifs is 5. The molecule has 0 aromatic heterocycles. The van der Waals surface area contributed by atoms with Crippen LogP contribution in [-0.2, 0) is 23.9 Å². The molecule has 6 unspecified atom stereocenters. The summed E-state index contributed by atoms with van der Waals surface area (Å²) >= 11 is 0. The van der Waals surface area contributed by atoms with Gasteiger partial charge in [0, 0.05) is 26.6 Å².